The number of hydrogen-bond acceptors (Lipinski definition) is 4. The van der Waals surface area contributed by atoms with E-state index in [1.165, 1.54) is 24.3 Å². The summed E-state index contributed by atoms with van der Waals surface area (Å²) in [5, 5.41) is 8.52. The van der Waals surface area contributed by atoms with E-state index in [9.17, 15) is 18.4 Å². The number of amides is 2. The number of ether oxygens (including phenoxy) is 1. The molecule has 0 aromatic heterocycles. The monoisotopic (exact) mass is 375 g/mol. The van der Waals surface area contributed by atoms with Gasteiger partial charge in [0.25, 0.3) is 0 Å². The second-order valence-electron chi connectivity index (χ2n) is 6.32. The Morgan fingerprint density at radius 1 is 1.15 bits per heavy atom. The molecule has 0 saturated heterocycles. The van der Waals surface area contributed by atoms with Crippen molar-refractivity contribution in [1.29, 1.82) is 0 Å². The van der Waals surface area contributed by atoms with E-state index in [0.29, 0.717) is 11.4 Å². The molecule has 2 aromatic carbocycles. The lowest BCUT2D eigenvalue weighted by Crippen LogP contribution is -2.41. The van der Waals surface area contributed by atoms with Crippen LogP contribution in [0.25, 0.3) is 0 Å². The number of rotatable bonds is 5. The maximum absolute atomic E-state index is 12.2. The molecule has 1 aliphatic heterocycles. The van der Waals surface area contributed by atoms with Crippen LogP contribution in [0.1, 0.15) is 17.5 Å². The minimum Gasteiger partial charge on any atom is -0.435 e. The third-order valence-corrected chi connectivity index (χ3v) is 4.29. The molecule has 0 fully saturated rings. The van der Waals surface area contributed by atoms with Gasteiger partial charge >= 0.3 is 6.61 Å². The Morgan fingerprint density at radius 3 is 2.41 bits per heavy atom. The molecule has 3 rings (SSSR count). The molecule has 27 heavy (non-hydrogen) atoms. The molecule has 1 aliphatic rings. The summed E-state index contributed by atoms with van der Waals surface area (Å²) in [5.41, 5.74) is 4.01. The SMILES string of the molecule is Cc1cc2c(cc1C)N[C@H](CC(=O)Nc1ccc(OC(F)F)cc1)C(=O)N2. The van der Waals surface area contributed by atoms with Crippen molar-refractivity contribution < 1.29 is 23.1 Å². The van der Waals surface area contributed by atoms with Crippen LogP contribution in [0.5, 0.6) is 5.75 Å². The minimum atomic E-state index is -2.91. The van der Waals surface area contributed by atoms with Gasteiger partial charge in [-0.3, -0.25) is 9.59 Å². The van der Waals surface area contributed by atoms with Crippen molar-refractivity contribution in [3.05, 3.63) is 47.5 Å². The van der Waals surface area contributed by atoms with Crippen molar-refractivity contribution in [2.24, 2.45) is 0 Å². The highest BCUT2D eigenvalue weighted by Gasteiger charge is 2.28. The number of aryl methyl sites for hydroxylation is 2. The normalized spacial score (nSPS) is 15.6. The third kappa shape index (κ3) is 4.52. The number of anilines is 3. The zero-order chi connectivity index (χ0) is 19.6. The highest BCUT2D eigenvalue weighted by molar-refractivity contribution is 6.06. The molecule has 0 radical (unpaired) electrons. The first-order valence-corrected chi connectivity index (χ1v) is 8.35. The van der Waals surface area contributed by atoms with Crippen molar-refractivity contribution >= 4 is 28.9 Å². The lowest BCUT2D eigenvalue weighted by Gasteiger charge is -2.27. The van der Waals surface area contributed by atoms with Crippen LogP contribution in [0.15, 0.2) is 36.4 Å². The van der Waals surface area contributed by atoms with Gasteiger partial charge in [-0.25, -0.2) is 0 Å². The van der Waals surface area contributed by atoms with Gasteiger partial charge in [0.15, 0.2) is 0 Å². The van der Waals surface area contributed by atoms with Crippen molar-refractivity contribution in [2.75, 3.05) is 16.0 Å². The Hall–Kier alpha value is -3.16. The average Bonchev–Trinajstić information content (AvgIpc) is 2.59. The predicted molar refractivity (Wildman–Crippen MR) is 98.3 cm³/mol. The summed E-state index contributed by atoms with van der Waals surface area (Å²) >= 11 is 0. The maximum Gasteiger partial charge on any atom is 0.387 e. The van der Waals surface area contributed by atoms with Gasteiger partial charge in [0, 0.05) is 5.69 Å². The van der Waals surface area contributed by atoms with Gasteiger partial charge < -0.3 is 20.7 Å². The number of carbonyl (C=O) groups is 2. The summed E-state index contributed by atoms with van der Waals surface area (Å²) in [6.45, 7) is 1.02. The quantitative estimate of drug-likeness (QED) is 0.745. The van der Waals surface area contributed by atoms with Crippen LogP contribution in [0.4, 0.5) is 25.8 Å². The smallest absolute Gasteiger partial charge is 0.387 e. The van der Waals surface area contributed by atoms with E-state index in [-0.39, 0.29) is 24.0 Å². The zero-order valence-corrected chi connectivity index (χ0v) is 14.8. The largest absolute Gasteiger partial charge is 0.435 e. The number of benzene rings is 2. The van der Waals surface area contributed by atoms with E-state index in [1.54, 1.807) is 0 Å². The predicted octanol–water partition coefficient (Wildman–Crippen LogP) is 3.67. The first kappa shape index (κ1) is 18.6. The minimum absolute atomic E-state index is 0.00130. The van der Waals surface area contributed by atoms with E-state index in [4.69, 9.17) is 0 Å². The number of hydrogen-bond donors (Lipinski definition) is 3. The standard InChI is InChI=1S/C19H19F2N3O3/c1-10-7-14-15(8-11(10)2)24-18(26)16(23-14)9-17(25)22-12-3-5-13(6-4-12)27-19(20)21/h3-8,16,19,23H,9H2,1-2H3,(H,22,25)(H,24,26)/t16-/m1/s1. The molecule has 0 aliphatic carbocycles. The number of halogens is 2. The number of fused-ring (bicyclic) bond motifs is 1. The second-order valence-corrected chi connectivity index (χ2v) is 6.32. The molecule has 3 N–H and O–H groups in total. The molecule has 6 nitrogen and oxygen atoms in total. The van der Waals surface area contributed by atoms with Gasteiger partial charge in [0.1, 0.15) is 11.8 Å². The van der Waals surface area contributed by atoms with Crippen LogP contribution in [-0.2, 0) is 9.59 Å². The van der Waals surface area contributed by atoms with Gasteiger partial charge in [0.2, 0.25) is 11.8 Å². The van der Waals surface area contributed by atoms with Gasteiger partial charge in [-0.1, -0.05) is 0 Å². The number of nitrogens with one attached hydrogen (secondary N) is 3. The Morgan fingerprint density at radius 2 is 1.78 bits per heavy atom. The van der Waals surface area contributed by atoms with Gasteiger partial charge in [-0.05, 0) is 61.4 Å². The molecule has 142 valence electrons. The molecular weight excluding hydrogens is 356 g/mol. The molecule has 0 spiro atoms. The molecule has 2 amide bonds. The Balaban J connectivity index is 1.62. The molecular formula is C19H19F2N3O3. The van der Waals surface area contributed by atoms with E-state index in [0.717, 1.165) is 16.8 Å². The summed E-state index contributed by atoms with van der Waals surface area (Å²) < 4.78 is 28.5. The topological polar surface area (TPSA) is 79.5 Å². The highest BCUT2D eigenvalue weighted by atomic mass is 19.3. The fourth-order valence-corrected chi connectivity index (χ4v) is 2.77. The first-order chi connectivity index (χ1) is 12.8. The second kappa shape index (κ2) is 7.61. The molecule has 0 bridgehead atoms. The van der Waals surface area contributed by atoms with Crippen LogP contribution in [0, 0.1) is 13.8 Å². The number of carbonyl (C=O) groups excluding carboxylic acids is 2. The van der Waals surface area contributed by atoms with E-state index >= 15 is 0 Å². The van der Waals surface area contributed by atoms with Gasteiger partial charge in [-0.2, -0.15) is 8.78 Å². The Labute approximate surface area is 154 Å². The molecule has 0 unspecified atom stereocenters. The Kier molecular flexibility index (Phi) is 5.25. The van der Waals surface area contributed by atoms with E-state index in [2.05, 4.69) is 20.7 Å². The number of alkyl halides is 2. The van der Waals surface area contributed by atoms with Crippen molar-refractivity contribution in [3.63, 3.8) is 0 Å². The molecule has 8 heteroatoms. The summed E-state index contributed by atoms with van der Waals surface area (Å²) in [5.74, 6) is -0.669. The fraction of sp³-hybridized carbons (Fsp3) is 0.263. The van der Waals surface area contributed by atoms with Crippen molar-refractivity contribution in [1.82, 2.24) is 0 Å². The third-order valence-electron chi connectivity index (χ3n) is 4.29. The highest BCUT2D eigenvalue weighted by Crippen LogP contribution is 2.30. The van der Waals surface area contributed by atoms with E-state index < -0.39 is 12.7 Å². The lowest BCUT2D eigenvalue weighted by atomic mass is 10.0. The maximum atomic E-state index is 12.2. The van der Waals surface area contributed by atoms with Crippen molar-refractivity contribution in [3.8, 4) is 5.75 Å². The van der Waals surface area contributed by atoms with Crippen LogP contribution >= 0.6 is 0 Å². The molecule has 0 saturated carbocycles. The van der Waals surface area contributed by atoms with Crippen molar-refractivity contribution in [2.45, 2.75) is 32.9 Å². The van der Waals surface area contributed by atoms with Gasteiger partial charge in [-0.15, -0.1) is 0 Å². The van der Waals surface area contributed by atoms with Crippen LogP contribution < -0.4 is 20.7 Å². The summed E-state index contributed by atoms with van der Waals surface area (Å²) in [4.78, 5) is 24.5. The molecule has 2 aromatic rings. The summed E-state index contributed by atoms with van der Waals surface area (Å²) in [6.07, 6.45) is -0.0759. The molecule has 1 heterocycles. The fourth-order valence-electron chi connectivity index (χ4n) is 2.77. The lowest BCUT2D eigenvalue weighted by molar-refractivity contribution is -0.122. The molecule has 1 atom stereocenters. The van der Waals surface area contributed by atoms with E-state index in [1.807, 2.05) is 26.0 Å². The summed E-state index contributed by atoms with van der Waals surface area (Å²) in [6, 6.07) is 8.66. The first-order valence-electron chi connectivity index (χ1n) is 8.35. The van der Waals surface area contributed by atoms with Crippen LogP contribution in [0.2, 0.25) is 0 Å². The van der Waals surface area contributed by atoms with Crippen LogP contribution in [-0.4, -0.2) is 24.5 Å². The van der Waals surface area contributed by atoms with Crippen LogP contribution in [0.3, 0.4) is 0 Å². The summed E-state index contributed by atoms with van der Waals surface area (Å²) in [7, 11) is 0. The van der Waals surface area contributed by atoms with Gasteiger partial charge in [0.05, 0.1) is 17.8 Å². The Bertz CT molecular complexity index is 869. The average molecular weight is 375 g/mol. The zero-order valence-electron chi connectivity index (χ0n) is 14.8.